The Bertz CT molecular complexity index is 1040. The zero-order chi connectivity index (χ0) is 18.0. The number of carbonyl (C=O) groups excluding carboxylic acids is 2. The monoisotopic (exact) mass is 374 g/mol. The summed E-state index contributed by atoms with van der Waals surface area (Å²) in [4.78, 5) is 28.9. The van der Waals surface area contributed by atoms with E-state index in [9.17, 15) is 9.59 Å². The van der Waals surface area contributed by atoms with Gasteiger partial charge in [-0.2, -0.15) is 4.99 Å². The molecule has 5 nitrogen and oxygen atoms in total. The van der Waals surface area contributed by atoms with Crippen LogP contribution < -0.4 is 4.80 Å². The lowest BCUT2D eigenvalue weighted by Crippen LogP contribution is -2.22. The molecule has 3 aromatic rings. The van der Waals surface area contributed by atoms with E-state index in [1.807, 2.05) is 25.1 Å². The number of thiazole rings is 1. The predicted molar refractivity (Wildman–Crippen MR) is 97.9 cm³/mol. The van der Waals surface area contributed by atoms with Crippen LogP contribution in [0.25, 0.3) is 10.2 Å². The van der Waals surface area contributed by atoms with Crippen LogP contribution in [-0.4, -0.2) is 23.6 Å². The predicted octanol–water partition coefficient (Wildman–Crippen LogP) is 3.58. The van der Waals surface area contributed by atoms with Gasteiger partial charge in [-0.05, 0) is 42.8 Å². The number of ether oxygens (including phenoxy) is 1. The molecule has 2 aromatic carbocycles. The van der Waals surface area contributed by atoms with Crippen LogP contribution in [0.1, 0.15) is 15.9 Å². The standard InChI is InChI=1S/C18H15ClN2O3S/c1-11-6-7-14-15(8-11)25-18(21(14)10-16(22)24-2)20-17(23)12-4-3-5-13(19)9-12/h3-9H,10H2,1-2H3. The molecule has 3 rings (SSSR count). The minimum atomic E-state index is -0.413. The number of hydrogen-bond donors (Lipinski definition) is 0. The number of rotatable bonds is 3. The number of halogens is 1. The molecule has 0 bridgehead atoms. The first-order valence-electron chi connectivity index (χ1n) is 7.49. The molecular weight excluding hydrogens is 360 g/mol. The van der Waals surface area contributed by atoms with Gasteiger partial charge in [0, 0.05) is 10.6 Å². The number of carbonyl (C=O) groups is 2. The molecule has 0 unspecified atom stereocenters. The van der Waals surface area contributed by atoms with Gasteiger partial charge in [0.25, 0.3) is 5.91 Å². The molecule has 1 aromatic heterocycles. The molecule has 7 heteroatoms. The van der Waals surface area contributed by atoms with Gasteiger partial charge in [-0.1, -0.05) is 35.1 Å². The van der Waals surface area contributed by atoms with E-state index in [1.165, 1.54) is 18.4 Å². The molecule has 0 fully saturated rings. The average molecular weight is 375 g/mol. The van der Waals surface area contributed by atoms with Crippen molar-refractivity contribution in [2.24, 2.45) is 4.99 Å². The van der Waals surface area contributed by atoms with Crippen molar-refractivity contribution in [3.8, 4) is 0 Å². The summed E-state index contributed by atoms with van der Waals surface area (Å²) >= 11 is 7.29. The lowest BCUT2D eigenvalue weighted by Gasteiger charge is -2.04. The zero-order valence-corrected chi connectivity index (χ0v) is 15.2. The first-order valence-corrected chi connectivity index (χ1v) is 8.69. The van der Waals surface area contributed by atoms with E-state index < -0.39 is 11.9 Å². The maximum absolute atomic E-state index is 12.5. The molecule has 0 spiro atoms. The Morgan fingerprint density at radius 1 is 1.24 bits per heavy atom. The molecule has 25 heavy (non-hydrogen) atoms. The maximum Gasteiger partial charge on any atom is 0.325 e. The minimum absolute atomic E-state index is 0.0127. The SMILES string of the molecule is COC(=O)Cn1c(=NC(=O)c2cccc(Cl)c2)sc2cc(C)ccc21. The second-order valence-electron chi connectivity index (χ2n) is 5.45. The van der Waals surface area contributed by atoms with Crippen molar-refractivity contribution in [2.75, 3.05) is 7.11 Å². The van der Waals surface area contributed by atoms with Gasteiger partial charge in [0.2, 0.25) is 0 Å². The number of methoxy groups -OCH3 is 1. The number of benzene rings is 2. The van der Waals surface area contributed by atoms with Gasteiger partial charge < -0.3 is 9.30 Å². The van der Waals surface area contributed by atoms with Gasteiger partial charge in [-0.15, -0.1) is 0 Å². The Morgan fingerprint density at radius 3 is 2.76 bits per heavy atom. The summed E-state index contributed by atoms with van der Waals surface area (Å²) in [5.74, 6) is -0.818. The molecule has 0 atom stereocenters. The van der Waals surface area contributed by atoms with Crippen LogP contribution in [0.3, 0.4) is 0 Å². The maximum atomic E-state index is 12.5. The van der Waals surface area contributed by atoms with E-state index in [4.69, 9.17) is 16.3 Å². The summed E-state index contributed by atoms with van der Waals surface area (Å²) in [5.41, 5.74) is 2.32. The summed E-state index contributed by atoms with van der Waals surface area (Å²) in [6, 6.07) is 12.5. The summed E-state index contributed by atoms with van der Waals surface area (Å²) in [7, 11) is 1.33. The normalized spacial score (nSPS) is 11.7. The second-order valence-corrected chi connectivity index (χ2v) is 6.89. The first-order chi connectivity index (χ1) is 12.0. The third-order valence-electron chi connectivity index (χ3n) is 3.62. The molecule has 0 aliphatic carbocycles. The first kappa shape index (κ1) is 17.4. The van der Waals surface area contributed by atoms with E-state index in [0.717, 1.165) is 15.8 Å². The van der Waals surface area contributed by atoms with Gasteiger partial charge in [-0.25, -0.2) is 0 Å². The number of nitrogens with zero attached hydrogens (tertiary/aromatic N) is 2. The quantitative estimate of drug-likeness (QED) is 0.658. The average Bonchev–Trinajstić information content (AvgIpc) is 2.91. The van der Waals surface area contributed by atoms with Gasteiger partial charge in [0.15, 0.2) is 4.80 Å². The summed E-state index contributed by atoms with van der Waals surface area (Å²) in [5, 5.41) is 0.468. The molecule has 0 aliphatic rings. The Balaban J connectivity index is 2.15. The van der Waals surface area contributed by atoms with Gasteiger partial charge in [0.1, 0.15) is 6.54 Å². The molecule has 0 radical (unpaired) electrons. The molecule has 128 valence electrons. The number of hydrogen-bond acceptors (Lipinski definition) is 4. The Morgan fingerprint density at radius 2 is 2.04 bits per heavy atom. The van der Waals surface area contributed by atoms with E-state index in [1.54, 1.807) is 28.8 Å². The highest BCUT2D eigenvalue weighted by molar-refractivity contribution is 7.16. The number of fused-ring (bicyclic) bond motifs is 1. The summed E-state index contributed by atoms with van der Waals surface area (Å²) in [6.07, 6.45) is 0. The van der Waals surface area contributed by atoms with E-state index >= 15 is 0 Å². The Labute approximate surface area is 153 Å². The topological polar surface area (TPSA) is 60.7 Å². The smallest absolute Gasteiger partial charge is 0.325 e. The number of esters is 1. The van der Waals surface area contributed by atoms with Crippen molar-refractivity contribution in [1.29, 1.82) is 0 Å². The highest BCUT2D eigenvalue weighted by Crippen LogP contribution is 2.19. The lowest BCUT2D eigenvalue weighted by molar-refractivity contribution is -0.141. The molecule has 0 N–H and O–H groups in total. The highest BCUT2D eigenvalue weighted by atomic mass is 35.5. The zero-order valence-electron chi connectivity index (χ0n) is 13.7. The molecule has 0 aliphatic heterocycles. The van der Waals surface area contributed by atoms with Crippen molar-refractivity contribution in [1.82, 2.24) is 4.57 Å². The van der Waals surface area contributed by atoms with Crippen LogP contribution >= 0.6 is 22.9 Å². The Hall–Kier alpha value is -2.44. The van der Waals surface area contributed by atoms with Crippen LogP contribution in [0.4, 0.5) is 0 Å². The fourth-order valence-corrected chi connectivity index (χ4v) is 3.70. The van der Waals surface area contributed by atoms with E-state index in [0.29, 0.717) is 15.4 Å². The minimum Gasteiger partial charge on any atom is -0.468 e. The fourth-order valence-electron chi connectivity index (χ4n) is 2.39. The van der Waals surface area contributed by atoms with E-state index in [2.05, 4.69) is 4.99 Å². The van der Waals surface area contributed by atoms with Crippen LogP contribution in [0.2, 0.25) is 5.02 Å². The number of aryl methyl sites for hydroxylation is 1. The highest BCUT2D eigenvalue weighted by Gasteiger charge is 2.12. The lowest BCUT2D eigenvalue weighted by atomic mass is 10.2. The summed E-state index contributed by atoms with van der Waals surface area (Å²) in [6.45, 7) is 1.97. The van der Waals surface area contributed by atoms with Crippen LogP contribution in [0.5, 0.6) is 0 Å². The van der Waals surface area contributed by atoms with Crippen molar-refractivity contribution in [3.63, 3.8) is 0 Å². The van der Waals surface area contributed by atoms with Gasteiger partial charge in [0.05, 0.1) is 17.3 Å². The second kappa shape index (κ2) is 7.21. The summed E-state index contributed by atoms with van der Waals surface area (Å²) < 4.78 is 7.39. The van der Waals surface area contributed by atoms with Crippen LogP contribution in [0.15, 0.2) is 47.5 Å². The third-order valence-corrected chi connectivity index (χ3v) is 4.90. The van der Waals surface area contributed by atoms with Crippen molar-refractivity contribution >= 4 is 45.0 Å². The molecule has 1 heterocycles. The third kappa shape index (κ3) is 3.81. The largest absolute Gasteiger partial charge is 0.468 e. The van der Waals surface area contributed by atoms with Crippen molar-refractivity contribution in [2.45, 2.75) is 13.5 Å². The van der Waals surface area contributed by atoms with Crippen LogP contribution in [-0.2, 0) is 16.1 Å². The van der Waals surface area contributed by atoms with Gasteiger partial charge >= 0.3 is 5.97 Å². The van der Waals surface area contributed by atoms with E-state index in [-0.39, 0.29) is 6.54 Å². The fraction of sp³-hybridized carbons (Fsp3) is 0.167. The van der Waals surface area contributed by atoms with Crippen molar-refractivity contribution in [3.05, 3.63) is 63.4 Å². The molecular formula is C18H15ClN2O3S. The molecule has 0 saturated carbocycles. The van der Waals surface area contributed by atoms with Crippen LogP contribution in [0, 0.1) is 6.92 Å². The molecule has 0 saturated heterocycles. The Kier molecular flexibility index (Phi) is 5.01. The van der Waals surface area contributed by atoms with Gasteiger partial charge in [-0.3, -0.25) is 9.59 Å². The van der Waals surface area contributed by atoms with Crippen molar-refractivity contribution < 1.29 is 14.3 Å². The number of amides is 1. The number of aromatic nitrogens is 1. The molecule has 1 amide bonds.